The Morgan fingerprint density at radius 1 is 1.22 bits per heavy atom. The second kappa shape index (κ2) is 6.38. The Morgan fingerprint density at radius 3 is 2.17 bits per heavy atom. The van der Waals surface area contributed by atoms with Crippen LogP contribution < -0.4 is 5.32 Å². The maximum atomic E-state index is 11.4. The van der Waals surface area contributed by atoms with Gasteiger partial charge in [-0.2, -0.15) is 0 Å². The number of hydrogen-bond donors (Lipinski definition) is 1. The minimum absolute atomic E-state index is 0.304. The SMILES string of the molecule is CNC(CCS(C)(=O)=O)C1(CC(C)C)CCCC1. The quantitative estimate of drug-likeness (QED) is 0.777. The van der Waals surface area contributed by atoms with Crippen LogP contribution in [0, 0.1) is 11.3 Å². The van der Waals surface area contributed by atoms with E-state index in [1.165, 1.54) is 38.4 Å². The van der Waals surface area contributed by atoms with Crippen molar-refractivity contribution in [1.29, 1.82) is 0 Å². The van der Waals surface area contributed by atoms with Crippen LogP contribution in [0.2, 0.25) is 0 Å². The monoisotopic (exact) mass is 275 g/mol. The minimum Gasteiger partial charge on any atom is -0.316 e. The predicted octanol–water partition coefficient (Wildman–Crippen LogP) is 2.62. The predicted molar refractivity (Wildman–Crippen MR) is 77.5 cm³/mol. The molecule has 0 aromatic carbocycles. The Kier molecular flexibility index (Phi) is 5.66. The maximum Gasteiger partial charge on any atom is 0.147 e. The van der Waals surface area contributed by atoms with Gasteiger partial charge in [-0.15, -0.1) is 0 Å². The fourth-order valence-corrected chi connectivity index (χ4v) is 4.34. The molecule has 0 aromatic heterocycles. The largest absolute Gasteiger partial charge is 0.316 e. The van der Waals surface area contributed by atoms with E-state index in [2.05, 4.69) is 19.2 Å². The molecule has 1 N–H and O–H groups in total. The highest BCUT2D eigenvalue weighted by atomic mass is 32.2. The summed E-state index contributed by atoms with van der Waals surface area (Å²) < 4.78 is 22.7. The summed E-state index contributed by atoms with van der Waals surface area (Å²) in [5.41, 5.74) is 0.327. The van der Waals surface area contributed by atoms with Crippen molar-refractivity contribution in [2.45, 2.75) is 58.4 Å². The Bertz CT molecular complexity index is 343. The van der Waals surface area contributed by atoms with Gasteiger partial charge in [0.05, 0.1) is 5.75 Å². The summed E-state index contributed by atoms with van der Waals surface area (Å²) in [4.78, 5) is 0. The summed E-state index contributed by atoms with van der Waals surface area (Å²) >= 11 is 0. The first-order valence-corrected chi connectivity index (χ1v) is 9.20. The normalized spacial score (nSPS) is 21.4. The van der Waals surface area contributed by atoms with Crippen molar-refractivity contribution in [2.24, 2.45) is 11.3 Å². The summed E-state index contributed by atoms with van der Waals surface area (Å²) in [6.07, 6.45) is 8.39. The van der Waals surface area contributed by atoms with Gasteiger partial charge in [-0.05, 0) is 44.1 Å². The van der Waals surface area contributed by atoms with Gasteiger partial charge < -0.3 is 5.32 Å². The topological polar surface area (TPSA) is 46.2 Å². The summed E-state index contributed by atoms with van der Waals surface area (Å²) in [5, 5.41) is 3.40. The lowest BCUT2D eigenvalue weighted by atomic mass is 9.72. The fraction of sp³-hybridized carbons (Fsp3) is 1.00. The summed E-state index contributed by atoms with van der Waals surface area (Å²) in [5.74, 6) is 0.982. The van der Waals surface area contributed by atoms with E-state index in [4.69, 9.17) is 0 Å². The first-order chi connectivity index (χ1) is 8.29. The number of sulfone groups is 1. The van der Waals surface area contributed by atoms with Gasteiger partial charge in [0, 0.05) is 12.3 Å². The summed E-state index contributed by atoms with van der Waals surface area (Å²) in [6.45, 7) is 4.53. The van der Waals surface area contributed by atoms with Crippen molar-refractivity contribution in [3.63, 3.8) is 0 Å². The average Bonchev–Trinajstić information content (AvgIpc) is 2.65. The highest BCUT2D eigenvalue weighted by molar-refractivity contribution is 7.90. The zero-order chi connectivity index (χ0) is 13.8. The molecule has 1 aliphatic rings. The van der Waals surface area contributed by atoms with E-state index in [-0.39, 0.29) is 0 Å². The van der Waals surface area contributed by atoms with E-state index in [1.54, 1.807) is 0 Å². The van der Waals surface area contributed by atoms with Crippen LogP contribution in [0.1, 0.15) is 52.4 Å². The molecule has 0 aromatic rings. The van der Waals surface area contributed by atoms with Crippen molar-refractivity contribution >= 4 is 9.84 Å². The molecule has 1 atom stereocenters. The molecule has 0 radical (unpaired) electrons. The molecule has 4 heteroatoms. The van der Waals surface area contributed by atoms with Crippen LogP contribution in [0.15, 0.2) is 0 Å². The smallest absolute Gasteiger partial charge is 0.147 e. The molecular weight excluding hydrogens is 246 g/mol. The molecular formula is C14H29NO2S. The molecule has 0 amide bonds. The number of nitrogens with one attached hydrogen (secondary N) is 1. The molecule has 1 rings (SSSR count). The lowest BCUT2D eigenvalue weighted by Crippen LogP contribution is -2.44. The third-order valence-corrected chi connectivity index (χ3v) is 5.26. The standard InChI is InChI=1S/C14H29NO2S/c1-12(2)11-14(8-5-6-9-14)13(15-3)7-10-18(4,16)17/h12-13,15H,5-11H2,1-4H3. The van der Waals surface area contributed by atoms with Gasteiger partial charge in [0.2, 0.25) is 0 Å². The molecule has 1 aliphatic carbocycles. The van der Waals surface area contributed by atoms with E-state index in [1.807, 2.05) is 7.05 Å². The molecule has 0 heterocycles. The Morgan fingerprint density at radius 2 is 1.78 bits per heavy atom. The highest BCUT2D eigenvalue weighted by Crippen LogP contribution is 2.46. The Hall–Kier alpha value is -0.0900. The highest BCUT2D eigenvalue weighted by Gasteiger charge is 2.40. The zero-order valence-corrected chi connectivity index (χ0v) is 13.1. The summed E-state index contributed by atoms with van der Waals surface area (Å²) in [6, 6.07) is 0.345. The maximum absolute atomic E-state index is 11.4. The van der Waals surface area contributed by atoms with Crippen LogP contribution >= 0.6 is 0 Å². The van der Waals surface area contributed by atoms with Gasteiger partial charge in [0.15, 0.2) is 0 Å². The van der Waals surface area contributed by atoms with Crippen LogP contribution in [0.3, 0.4) is 0 Å². The molecule has 108 valence electrons. The van der Waals surface area contributed by atoms with E-state index >= 15 is 0 Å². The Balaban J connectivity index is 2.74. The van der Waals surface area contributed by atoms with Crippen LogP contribution in [0.25, 0.3) is 0 Å². The molecule has 1 unspecified atom stereocenters. The second-order valence-corrected chi connectivity index (χ2v) is 8.69. The number of rotatable bonds is 7. The average molecular weight is 275 g/mol. The molecule has 0 bridgehead atoms. The van der Waals surface area contributed by atoms with Gasteiger partial charge in [-0.25, -0.2) is 8.42 Å². The molecule has 1 saturated carbocycles. The lowest BCUT2D eigenvalue weighted by molar-refractivity contribution is 0.158. The van der Waals surface area contributed by atoms with Crippen LogP contribution in [0.4, 0.5) is 0 Å². The van der Waals surface area contributed by atoms with Crippen molar-refractivity contribution in [3.8, 4) is 0 Å². The van der Waals surface area contributed by atoms with Gasteiger partial charge in [0.25, 0.3) is 0 Å². The second-order valence-electron chi connectivity index (χ2n) is 6.43. The molecule has 0 aliphatic heterocycles. The first-order valence-electron chi connectivity index (χ1n) is 7.14. The van der Waals surface area contributed by atoms with E-state index in [0.29, 0.717) is 23.1 Å². The molecule has 18 heavy (non-hydrogen) atoms. The fourth-order valence-electron chi connectivity index (χ4n) is 3.68. The zero-order valence-electron chi connectivity index (χ0n) is 12.3. The van der Waals surface area contributed by atoms with E-state index < -0.39 is 9.84 Å². The van der Waals surface area contributed by atoms with Crippen LogP contribution in [-0.4, -0.2) is 33.5 Å². The summed E-state index contributed by atoms with van der Waals surface area (Å²) in [7, 11) is -0.875. The third kappa shape index (κ3) is 4.54. The van der Waals surface area contributed by atoms with Crippen molar-refractivity contribution in [3.05, 3.63) is 0 Å². The molecule has 0 saturated heterocycles. The number of hydrogen-bond acceptors (Lipinski definition) is 3. The first kappa shape index (κ1) is 16.0. The van der Waals surface area contributed by atoms with Crippen molar-refractivity contribution in [1.82, 2.24) is 5.32 Å². The van der Waals surface area contributed by atoms with Gasteiger partial charge in [-0.1, -0.05) is 26.7 Å². The van der Waals surface area contributed by atoms with Gasteiger partial charge >= 0.3 is 0 Å². The third-order valence-electron chi connectivity index (χ3n) is 4.28. The van der Waals surface area contributed by atoms with Crippen LogP contribution in [-0.2, 0) is 9.84 Å². The van der Waals surface area contributed by atoms with Crippen LogP contribution in [0.5, 0.6) is 0 Å². The molecule has 3 nitrogen and oxygen atoms in total. The Labute approximate surface area is 113 Å². The minimum atomic E-state index is -2.85. The van der Waals surface area contributed by atoms with Gasteiger partial charge in [0.1, 0.15) is 9.84 Å². The van der Waals surface area contributed by atoms with Crippen molar-refractivity contribution < 1.29 is 8.42 Å². The van der Waals surface area contributed by atoms with Gasteiger partial charge in [-0.3, -0.25) is 0 Å². The van der Waals surface area contributed by atoms with Crippen molar-refractivity contribution in [2.75, 3.05) is 19.1 Å². The van der Waals surface area contributed by atoms with E-state index in [9.17, 15) is 8.42 Å². The van der Waals surface area contributed by atoms with E-state index in [0.717, 1.165) is 6.42 Å². The molecule has 0 spiro atoms. The molecule has 1 fully saturated rings. The lowest BCUT2D eigenvalue weighted by Gasteiger charge is -2.39.